The molecule has 0 atom stereocenters. The Kier molecular flexibility index (Phi) is 7.03. The third kappa shape index (κ3) is 4.76. The molecule has 1 heterocycles. The molecule has 0 saturated carbocycles. The van der Waals surface area contributed by atoms with E-state index >= 15 is 0 Å². The Hall–Kier alpha value is -3.37. The van der Waals surface area contributed by atoms with E-state index in [2.05, 4.69) is 72.1 Å². The Morgan fingerprint density at radius 2 is 1.53 bits per heavy atom. The molecular weight excluding hydrogens is 396 g/mol. The molecule has 0 N–H and O–H groups in total. The fraction of sp³-hybridized carbons (Fsp3) is 0.250. The number of hydrogen-bond acceptors (Lipinski definition) is 3. The van der Waals surface area contributed by atoms with Gasteiger partial charge in [-0.1, -0.05) is 66.7 Å². The summed E-state index contributed by atoms with van der Waals surface area (Å²) in [4.78, 5) is 17.7. The first-order chi connectivity index (χ1) is 15.7. The van der Waals surface area contributed by atoms with Gasteiger partial charge < -0.3 is 9.64 Å². The van der Waals surface area contributed by atoms with Crippen LogP contribution in [0.25, 0.3) is 0 Å². The van der Waals surface area contributed by atoms with Crippen LogP contribution in [-0.2, 0) is 6.42 Å². The predicted octanol–water partition coefficient (Wildman–Crippen LogP) is 4.97. The molecule has 1 amide bonds. The normalized spacial score (nSPS) is 14.4. The Balaban J connectivity index is 1.50. The molecule has 0 aliphatic carbocycles. The molecule has 1 aliphatic rings. The van der Waals surface area contributed by atoms with E-state index in [1.54, 1.807) is 7.11 Å². The minimum atomic E-state index is 0.0774. The summed E-state index contributed by atoms with van der Waals surface area (Å²) in [6, 6.07) is 27.1. The van der Waals surface area contributed by atoms with Gasteiger partial charge in [-0.25, -0.2) is 0 Å². The smallest absolute Gasteiger partial charge is 0.253 e. The number of carbonyl (C=O) groups excluding carboxylic acids is 1. The van der Waals surface area contributed by atoms with Gasteiger partial charge in [0.05, 0.1) is 13.2 Å². The number of amides is 1. The zero-order valence-electron chi connectivity index (χ0n) is 18.6. The maximum atomic E-state index is 13.2. The van der Waals surface area contributed by atoms with Crippen molar-refractivity contribution in [1.29, 1.82) is 0 Å². The summed E-state index contributed by atoms with van der Waals surface area (Å²) in [5.41, 5.74) is 4.25. The highest BCUT2D eigenvalue weighted by molar-refractivity contribution is 5.94. The topological polar surface area (TPSA) is 32.8 Å². The highest BCUT2D eigenvalue weighted by atomic mass is 16.5. The van der Waals surface area contributed by atoms with E-state index in [0.29, 0.717) is 25.1 Å². The van der Waals surface area contributed by atoms with E-state index in [9.17, 15) is 4.79 Å². The van der Waals surface area contributed by atoms with E-state index in [-0.39, 0.29) is 11.9 Å². The van der Waals surface area contributed by atoms with E-state index in [4.69, 9.17) is 4.74 Å². The van der Waals surface area contributed by atoms with E-state index in [0.717, 1.165) is 24.4 Å². The van der Waals surface area contributed by atoms with Crippen molar-refractivity contribution in [3.8, 4) is 5.75 Å². The van der Waals surface area contributed by atoms with Gasteiger partial charge in [0.25, 0.3) is 5.91 Å². The van der Waals surface area contributed by atoms with Crippen LogP contribution < -0.4 is 4.74 Å². The molecule has 4 nitrogen and oxygen atoms in total. The van der Waals surface area contributed by atoms with Gasteiger partial charge >= 0.3 is 0 Å². The number of benzene rings is 3. The van der Waals surface area contributed by atoms with Crippen LogP contribution in [0.15, 0.2) is 91.5 Å². The molecular formula is C28H30N2O2. The number of methoxy groups -OCH3 is 1. The molecule has 0 radical (unpaired) electrons. The average Bonchev–Trinajstić information content (AvgIpc) is 2.86. The number of nitrogens with zero attached hydrogens (tertiary/aromatic N) is 2. The summed E-state index contributed by atoms with van der Waals surface area (Å²) in [6.45, 7) is 6.88. The van der Waals surface area contributed by atoms with Gasteiger partial charge in [0.1, 0.15) is 5.75 Å². The second-order valence-corrected chi connectivity index (χ2v) is 8.07. The van der Waals surface area contributed by atoms with Crippen LogP contribution in [0.5, 0.6) is 5.75 Å². The zero-order chi connectivity index (χ0) is 22.3. The SMILES string of the molecule is C=CCc1cc(C(=O)N2CCN(C(c3ccccc3)c3ccccc3)CC2)ccc1OC. The highest BCUT2D eigenvalue weighted by Gasteiger charge is 2.28. The largest absolute Gasteiger partial charge is 0.496 e. The number of ether oxygens (including phenoxy) is 1. The van der Waals surface area contributed by atoms with Crippen molar-refractivity contribution in [1.82, 2.24) is 9.80 Å². The fourth-order valence-electron chi connectivity index (χ4n) is 4.48. The van der Waals surface area contributed by atoms with Gasteiger partial charge in [-0.3, -0.25) is 9.69 Å². The van der Waals surface area contributed by atoms with E-state index in [1.165, 1.54) is 11.1 Å². The van der Waals surface area contributed by atoms with E-state index in [1.807, 2.05) is 29.2 Å². The van der Waals surface area contributed by atoms with Crippen LogP contribution in [0.2, 0.25) is 0 Å². The molecule has 0 bridgehead atoms. The standard InChI is InChI=1S/C28H30N2O2/c1-3-10-24-21-25(15-16-26(24)32-2)28(31)30-19-17-29(18-20-30)27(22-11-6-4-7-12-22)23-13-8-5-9-14-23/h3-9,11-16,21,27H,1,10,17-20H2,2H3. The molecule has 4 rings (SSSR count). The summed E-state index contributed by atoms with van der Waals surface area (Å²) in [5.74, 6) is 0.869. The molecule has 32 heavy (non-hydrogen) atoms. The van der Waals surface area contributed by atoms with Crippen molar-refractivity contribution in [3.63, 3.8) is 0 Å². The van der Waals surface area contributed by atoms with Crippen LogP contribution in [-0.4, -0.2) is 49.0 Å². The van der Waals surface area contributed by atoms with Gasteiger partial charge in [0, 0.05) is 31.7 Å². The second-order valence-electron chi connectivity index (χ2n) is 8.07. The van der Waals surface area contributed by atoms with Gasteiger partial charge in [-0.05, 0) is 41.3 Å². The van der Waals surface area contributed by atoms with Gasteiger partial charge in [-0.2, -0.15) is 0 Å². The summed E-state index contributed by atoms with van der Waals surface area (Å²) in [6.07, 6.45) is 2.51. The Labute approximate surface area is 190 Å². The lowest BCUT2D eigenvalue weighted by molar-refractivity contribution is 0.0597. The first kappa shape index (κ1) is 21.8. The lowest BCUT2D eigenvalue weighted by atomic mass is 9.96. The zero-order valence-corrected chi connectivity index (χ0v) is 18.6. The number of piperazine rings is 1. The first-order valence-corrected chi connectivity index (χ1v) is 11.1. The van der Waals surface area contributed by atoms with Crippen molar-refractivity contribution in [3.05, 3.63) is 114 Å². The third-order valence-corrected chi connectivity index (χ3v) is 6.09. The van der Waals surface area contributed by atoms with Crippen LogP contribution in [0.4, 0.5) is 0 Å². The van der Waals surface area contributed by atoms with Crippen LogP contribution in [0, 0.1) is 0 Å². The molecule has 4 heteroatoms. The minimum absolute atomic E-state index is 0.0774. The molecule has 0 spiro atoms. The van der Waals surface area contributed by atoms with Crippen LogP contribution >= 0.6 is 0 Å². The molecule has 3 aromatic carbocycles. The molecule has 1 aliphatic heterocycles. The molecule has 1 saturated heterocycles. The van der Waals surface area contributed by atoms with Crippen molar-refractivity contribution in [2.75, 3.05) is 33.3 Å². The highest BCUT2D eigenvalue weighted by Crippen LogP contribution is 2.30. The maximum absolute atomic E-state index is 13.2. The molecule has 0 unspecified atom stereocenters. The van der Waals surface area contributed by atoms with E-state index < -0.39 is 0 Å². The first-order valence-electron chi connectivity index (χ1n) is 11.1. The number of carbonyl (C=O) groups is 1. The summed E-state index contributed by atoms with van der Waals surface area (Å²) < 4.78 is 5.42. The van der Waals surface area contributed by atoms with Gasteiger partial charge in [-0.15, -0.1) is 6.58 Å². The second kappa shape index (κ2) is 10.3. The van der Waals surface area contributed by atoms with Crippen molar-refractivity contribution in [2.24, 2.45) is 0 Å². The van der Waals surface area contributed by atoms with Gasteiger partial charge in [0.2, 0.25) is 0 Å². The fourth-order valence-corrected chi connectivity index (χ4v) is 4.48. The molecule has 3 aromatic rings. The molecule has 1 fully saturated rings. The van der Waals surface area contributed by atoms with Crippen molar-refractivity contribution in [2.45, 2.75) is 12.5 Å². The minimum Gasteiger partial charge on any atom is -0.496 e. The summed E-state index contributed by atoms with van der Waals surface area (Å²) in [7, 11) is 1.65. The summed E-state index contributed by atoms with van der Waals surface area (Å²) in [5, 5.41) is 0. The average molecular weight is 427 g/mol. The third-order valence-electron chi connectivity index (χ3n) is 6.09. The van der Waals surface area contributed by atoms with Crippen molar-refractivity contribution >= 4 is 5.91 Å². The molecule has 164 valence electrons. The lowest BCUT2D eigenvalue weighted by Crippen LogP contribution is -2.49. The lowest BCUT2D eigenvalue weighted by Gasteiger charge is -2.40. The van der Waals surface area contributed by atoms with Crippen molar-refractivity contribution < 1.29 is 9.53 Å². The monoisotopic (exact) mass is 426 g/mol. The number of hydrogen-bond donors (Lipinski definition) is 0. The Morgan fingerprint density at radius 3 is 2.06 bits per heavy atom. The Bertz CT molecular complexity index is 1000. The number of rotatable bonds is 7. The summed E-state index contributed by atoms with van der Waals surface area (Å²) >= 11 is 0. The predicted molar refractivity (Wildman–Crippen MR) is 129 cm³/mol. The Morgan fingerprint density at radius 1 is 0.938 bits per heavy atom. The van der Waals surface area contributed by atoms with Gasteiger partial charge in [0.15, 0.2) is 0 Å². The van der Waals surface area contributed by atoms with Crippen LogP contribution in [0.1, 0.15) is 33.1 Å². The quantitative estimate of drug-likeness (QED) is 0.500. The maximum Gasteiger partial charge on any atom is 0.253 e. The number of allylic oxidation sites excluding steroid dienone is 1. The molecule has 0 aromatic heterocycles. The van der Waals surface area contributed by atoms with Crippen LogP contribution in [0.3, 0.4) is 0 Å².